The van der Waals surface area contributed by atoms with E-state index in [1.54, 1.807) is 0 Å². The molecule has 1 aliphatic carbocycles. The van der Waals surface area contributed by atoms with Crippen LogP contribution in [0.1, 0.15) is 50.6 Å². The summed E-state index contributed by atoms with van der Waals surface area (Å²) in [5, 5.41) is 9.38. The summed E-state index contributed by atoms with van der Waals surface area (Å²) in [7, 11) is 0. The SMILES string of the molecule is O=C(Cc1csc(-c2ncn[nH]2)n1)N1CCC2(CCCCC2)CC1. The van der Waals surface area contributed by atoms with Crippen molar-refractivity contribution in [3.05, 3.63) is 17.4 Å². The molecule has 1 spiro atoms. The molecule has 2 aromatic rings. The van der Waals surface area contributed by atoms with Crippen molar-refractivity contribution in [1.29, 1.82) is 0 Å². The lowest BCUT2D eigenvalue weighted by atomic mass is 9.68. The number of hydrogen-bond acceptors (Lipinski definition) is 5. The number of nitrogens with zero attached hydrogens (tertiary/aromatic N) is 4. The molecular formula is C17H23N5OS. The van der Waals surface area contributed by atoms with Gasteiger partial charge in [0.25, 0.3) is 0 Å². The number of carbonyl (C=O) groups excluding carboxylic acids is 1. The number of carbonyl (C=O) groups is 1. The first kappa shape index (κ1) is 15.7. The number of nitrogens with one attached hydrogen (secondary N) is 1. The normalized spacial score (nSPS) is 20.4. The van der Waals surface area contributed by atoms with Gasteiger partial charge in [0.2, 0.25) is 5.91 Å². The van der Waals surface area contributed by atoms with Crippen molar-refractivity contribution in [3.63, 3.8) is 0 Å². The lowest BCUT2D eigenvalue weighted by molar-refractivity contribution is -0.133. The van der Waals surface area contributed by atoms with Crippen LogP contribution in [0.5, 0.6) is 0 Å². The van der Waals surface area contributed by atoms with E-state index in [9.17, 15) is 4.79 Å². The van der Waals surface area contributed by atoms with Crippen molar-refractivity contribution in [1.82, 2.24) is 25.1 Å². The van der Waals surface area contributed by atoms with Crippen molar-refractivity contribution in [3.8, 4) is 10.8 Å². The summed E-state index contributed by atoms with van der Waals surface area (Å²) >= 11 is 1.50. The van der Waals surface area contributed by atoms with Crippen LogP contribution < -0.4 is 0 Å². The van der Waals surface area contributed by atoms with Gasteiger partial charge in [-0.3, -0.25) is 9.89 Å². The van der Waals surface area contributed by atoms with E-state index in [4.69, 9.17) is 0 Å². The molecule has 0 bridgehead atoms. The summed E-state index contributed by atoms with van der Waals surface area (Å²) in [5.41, 5.74) is 1.36. The predicted molar refractivity (Wildman–Crippen MR) is 92.5 cm³/mol. The van der Waals surface area contributed by atoms with E-state index in [0.29, 0.717) is 17.7 Å². The zero-order valence-electron chi connectivity index (χ0n) is 13.8. The Hall–Kier alpha value is -1.76. The van der Waals surface area contributed by atoms with E-state index in [2.05, 4.69) is 20.2 Å². The summed E-state index contributed by atoms with van der Waals surface area (Å²) < 4.78 is 0. The predicted octanol–water partition coefficient (Wildman–Crippen LogP) is 3.04. The molecule has 24 heavy (non-hydrogen) atoms. The average Bonchev–Trinajstić information content (AvgIpc) is 3.27. The van der Waals surface area contributed by atoms with Gasteiger partial charge in [0.05, 0.1) is 12.1 Å². The van der Waals surface area contributed by atoms with Gasteiger partial charge in [0, 0.05) is 18.5 Å². The van der Waals surface area contributed by atoms with Gasteiger partial charge in [-0.25, -0.2) is 9.97 Å². The number of thiazole rings is 1. The highest BCUT2D eigenvalue weighted by molar-refractivity contribution is 7.13. The average molecular weight is 345 g/mol. The van der Waals surface area contributed by atoms with Crippen molar-refractivity contribution < 1.29 is 4.79 Å². The second-order valence-electron chi connectivity index (χ2n) is 7.10. The Bertz CT molecular complexity index is 680. The Morgan fingerprint density at radius 3 is 2.71 bits per heavy atom. The number of aromatic nitrogens is 4. The fourth-order valence-electron chi connectivity index (χ4n) is 4.10. The summed E-state index contributed by atoms with van der Waals surface area (Å²) in [6.07, 6.45) is 11.1. The minimum Gasteiger partial charge on any atom is -0.342 e. The van der Waals surface area contributed by atoms with E-state index in [0.717, 1.165) is 23.8 Å². The Labute approximate surface area is 145 Å². The maximum absolute atomic E-state index is 12.6. The molecule has 0 aromatic carbocycles. The standard InChI is InChI=1S/C17H23N5OS/c23-14(10-13-11-24-16(20-13)15-18-12-19-21-15)22-8-6-17(7-9-22)4-2-1-3-5-17/h11-12H,1-10H2,(H,18,19,21). The topological polar surface area (TPSA) is 74.8 Å². The highest BCUT2D eigenvalue weighted by Crippen LogP contribution is 2.44. The maximum atomic E-state index is 12.6. The molecule has 3 heterocycles. The zero-order chi connectivity index (χ0) is 16.4. The van der Waals surface area contributed by atoms with E-state index in [1.165, 1.54) is 62.6 Å². The van der Waals surface area contributed by atoms with Crippen molar-refractivity contribution in [2.24, 2.45) is 5.41 Å². The van der Waals surface area contributed by atoms with Gasteiger partial charge in [-0.15, -0.1) is 11.3 Å². The first-order chi connectivity index (χ1) is 11.7. The number of piperidine rings is 1. The summed E-state index contributed by atoms with van der Waals surface area (Å²) in [5.74, 6) is 0.867. The second kappa shape index (κ2) is 6.63. The van der Waals surface area contributed by atoms with Crippen LogP contribution in [-0.2, 0) is 11.2 Å². The van der Waals surface area contributed by atoms with Crippen LogP contribution in [0.3, 0.4) is 0 Å². The van der Waals surface area contributed by atoms with E-state index in [-0.39, 0.29) is 5.91 Å². The fraction of sp³-hybridized carbons (Fsp3) is 0.647. The number of likely N-dealkylation sites (tertiary alicyclic amines) is 1. The Morgan fingerprint density at radius 2 is 2.00 bits per heavy atom. The third kappa shape index (κ3) is 3.22. The van der Waals surface area contributed by atoms with Crippen LogP contribution in [-0.4, -0.2) is 44.1 Å². The minimum atomic E-state index is 0.204. The smallest absolute Gasteiger partial charge is 0.228 e. The first-order valence-corrected chi connectivity index (χ1v) is 9.70. The quantitative estimate of drug-likeness (QED) is 0.928. The molecule has 2 fully saturated rings. The van der Waals surface area contributed by atoms with Crippen LogP contribution >= 0.6 is 11.3 Å². The second-order valence-corrected chi connectivity index (χ2v) is 7.95. The van der Waals surface area contributed by atoms with Crippen molar-refractivity contribution in [2.75, 3.05) is 13.1 Å². The van der Waals surface area contributed by atoms with Gasteiger partial charge in [0.15, 0.2) is 10.8 Å². The fourth-order valence-corrected chi connectivity index (χ4v) is 4.87. The van der Waals surface area contributed by atoms with Gasteiger partial charge in [-0.1, -0.05) is 19.3 Å². The highest BCUT2D eigenvalue weighted by Gasteiger charge is 2.36. The van der Waals surface area contributed by atoms with Crippen LogP contribution in [0.15, 0.2) is 11.7 Å². The largest absolute Gasteiger partial charge is 0.342 e. The molecule has 2 aromatic heterocycles. The summed E-state index contributed by atoms with van der Waals surface area (Å²) in [4.78, 5) is 23.2. The molecule has 0 unspecified atom stereocenters. The van der Waals surface area contributed by atoms with Gasteiger partial charge in [0.1, 0.15) is 6.33 Å². The van der Waals surface area contributed by atoms with Gasteiger partial charge < -0.3 is 4.90 Å². The Morgan fingerprint density at radius 1 is 1.21 bits per heavy atom. The third-order valence-electron chi connectivity index (χ3n) is 5.59. The van der Waals surface area contributed by atoms with Gasteiger partial charge in [-0.05, 0) is 31.1 Å². The highest BCUT2D eigenvalue weighted by atomic mass is 32.1. The molecule has 4 rings (SSSR count). The van der Waals surface area contributed by atoms with Crippen molar-refractivity contribution >= 4 is 17.2 Å². The number of rotatable bonds is 3. The van der Waals surface area contributed by atoms with Crippen LogP contribution in [0, 0.1) is 5.41 Å². The van der Waals surface area contributed by atoms with Gasteiger partial charge >= 0.3 is 0 Å². The molecule has 0 radical (unpaired) electrons. The van der Waals surface area contributed by atoms with Crippen molar-refractivity contribution in [2.45, 2.75) is 51.4 Å². The van der Waals surface area contributed by atoms with Gasteiger partial charge in [-0.2, -0.15) is 5.10 Å². The van der Waals surface area contributed by atoms with E-state index < -0.39 is 0 Å². The van der Waals surface area contributed by atoms with E-state index in [1.807, 2.05) is 10.3 Å². The Balaban J connectivity index is 1.34. The third-order valence-corrected chi connectivity index (χ3v) is 6.49. The molecule has 1 N–H and O–H groups in total. The number of hydrogen-bond donors (Lipinski definition) is 1. The zero-order valence-corrected chi connectivity index (χ0v) is 14.6. The minimum absolute atomic E-state index is 0.204. The lowest BCUT2D eigenvalue weighted by Gasteiger charge is -2.44. The number of amides is 1. The molecule has 128 valence electrons. The van der Waals surface area contributed by atoms with Crippen LogP contribution in [0.2, 0.25) is 0 Å². The molecule has 1 amide bonds. The molecule has 1 saturated heterocycles. The molecule has 7 heteroatoms. The molecule has 2 aliphatic rings. The maximum Gasteiger partial charge on any atom is 0.228 e. The van der Waals surface area contributed by atoms with Crippen LogP contribution in [0.25, 0.3) is 10.8 Å². The summed E-state index contributed by atoms with van der Waals surface area (Å²) in [6.45, 7) is 1.83. The molecular weight excluding hydrogens is 322 g/mol. The number of aromatic amines is 1. The molecule has 1 saturated carbocycles. The molecule has 6 nitrogen and oxygen atoms in total. The molecule has 0 atom stereocenters. The molecule has 1 aliphatic heterocycles. The van der Waals surface area contributed by atoms with Crippen LogP contribution in [0.4, 0.5) is 0 Å². The monoisotopic (exact) mass is 345 g/mol. The number of H-pyrrole nitrogens is 1. The Kier molecular flexibility index (Phi) is 4.35. The van der Waals surface area contributed by atoms with E-state index >= 15 is 0 Å². The summed E-state index contributed by atoms with van der Waals surface area (Å²) in [6, 6.07) is 0. The first-order valence-electron chi connectivity index (χ1n) is 8.82. The lowest BCUT2D eigenvalue weighted by Crippen LogP contribution is -2.44.